The number of hydrogen-bond acceptors (Lipinski definition) is 5. The molecule has 0 bridgehead atoms. The third kappa shape index (κ3) is 3.32. The van der Waals surface area contributed by atoms with Gasteiger partial charge in [-0.25, -0.2) is 4.79 Å². The van der Waals surface area contributed by atoms with Gasteiger partial charge in [0.05, 0.1) is 23.8 Å². The van der Waals surface area contributed by atoms with Crippen LogP contribution in [0.5, 0.6) is 11.5 Å². The summed E-state index contributed by atoms with van der Waals surface area (Å²) in [6.07, 6.45) is 2.13. The van der Waals surface area contributed by atoms with Crippen molar-refractivity contribution in [2.75, 3.05) is 6.54 Å². The average molecular weight is 437 g/mol. The molecule has 2 saturated heterocycles. The maximum Gasteiger partial charge on any atom is 0.335 e. The lowest BCUT2D eigenvalue weighted by atomic mass is 9.72. The summed E-state index contributed by atoms with van der Waals surface area (Å²) in [5.41, 5.74) is 0.925. The van der Waals surface area contributed by atoms with Gasteiger partial charge in [-0.05, 0) is 63.4 Å². The lowest BCUT2D eigenvalue weighted by Crippen LogP contribution is -2.60. The summed E-state index contributed by atoms with van der Waals surface area (Å²) in [5.74, 6) is -0.504. The number of carbonyl (C=O) groups is 2. The fraction of sp³-hybridized carbons (Fsp3) is 0.440. The molecule has 0 unspecified atom stereocenters. The molecule has 2 N–H and O–H groups in total. The summed E-state index contributed by atoms with van der Waals surface area (Å²) >= 11 is 0. The first-order valence-corrected chi connectivity index (χ1v) is 11.1. The highest BCUT2D eigenvalue weighted by Gasteiger charge is 2.53. The zero-order valence-electron chi connectivity index (χ0n) is 18.2. The van der Waals surface area contributed by atoms with Crippen molar-refractivity contribution >= 4 is 11.9 Å². The maximum absolute atomic E-state index is 13.4. The molecular formula is C25H27NO6. The van der Waals surface area contributed by atoms with E-state index in [-0.39, 0.29) is 41.4 Å². The van der Waals surface area contributed by atoms with Crippen LogP contribution in [0.3, 0.4) is 0 Å². The SMILES string of the molecule is CC1(C)Oc2c(O)cccc2[C@@H]2O[C@@H]3CCCN(C(=O)c4ccc(C(=O)O)cc4)[C@@H]3C[C@H]21. The summed E-state index contributed by atoms with van der Waals surface area (Å²) < 4.78 is 12.8. The Balaban J connectivity index is 1.44. The van der Waals surface area contributed by atoms with E-state index in [0.717, 1.165) is 24.8 Å². The standard InChI is InChI=1S/C25H27NO6/c1-25(2)17-13-18-20(31-21(17)16-5-3-6-19(27)22(16)32-25)7-4-12-26(18)23(28)14-8-10-15(11-9-14)24(29)30/h3,5-6,8-11,17-18,20-21,27H,4,7,12-13H2,1-2H3,(H,29,30)/t17-,18-,20-,21+/m1/s1. The average Bonchev–Trinajstić information content (AvgIpc) is 2.78. The van der Waals surface area contributed by atoms with Crippen LogP contribution in [-0.2, 0) is 4.74 Å². The Bertz CT molecular complexity index is 1060. The van der Waals surface area contributed by atoms with Gasteiger partial charge < -0.3 is 24.6 Å². The van der Waals surface area contributed by atoms with Crippen LogP contribution < -0.4 is 4.74 Å². The largest absolute Gasteiger partial charge is 0.504 e. The summed E-state index contributed by atoms with van der Waals surface area (Å²) in [4.78, 5) is 26.4. The summed E-state index contributed by atoms with van der Waals surface area (Å²) in [7, 11) is 0. The number of rotatable bonds is 2. The normalized spacial score (nSPS) is 28.0. The molecule has 1 amide bonds. The first-order chi connectivity index (χ1) is 15.3. The Kier molecular flexibility index (Phi) is 4.89. The molecule has 2 aromatic rings. The molecule has 0 spiro atoms. The highest BCUT2D eigenvalue weighted by molar-refractivity contribution is 5.96. The van der Waals surface area contributed by atoms with Gasteiger partial charge in [0.1, 0.15) is 5.60 Å². The number of benzene rings is 2. The van der Waals surface area contributed by atoms with E-state index in [1.807, 2.05) is 24.8 Å². The first-order valence-electron chi connectivity index (χ1n) is 11.1. The lowest BCUT2D eigenvalue weighted by molar-refractivity contribution is -0.184. The third-order valence-corrected chi connectivity index (χ3v) is 7.13. The number of hydrogen-bond donors (Lipinski definition) is 2. The smallest absolute Gasteiger partial charge is 0.335 e. The molecule has 3 aliphatic heterocycles. The number of likely N-dealkylation sites (tertiary alicyclic amines) is 1. The number of aromatic carboxylic acids is 1. The van der Waals surface area contributed by atoms with E-state index in [1.165, 1.54) is 12.1 Å². The summed E-state index contributed by atoms with van der Waals surface area (Å²) in [6.45, 7) is 4.65. The Morgan fingerprint density at radius 2 is 1.81 bits per heavy atom. The highest BCUT2D eigenvalue weighted by Crippen LogP contribution is 2.54. The minimum atomic E-state index is -1.01. The number of phenolic OH excluding ortho intramolecular Hbond substituents is 1. The van der Waals surface area contributed by atoms with E-state index in [1.54, 1.807) is 24.3 Å². The number of para-hydroxylation sites is 1. The minimum absolute atomic E-state index is 0.0147. The fourth-order valence-corrected chi connectivity index (χ4v) is 5.45. The predicted molar refractivity (Wildman–Crippen MR) is 116 cm³/mol. The Morgan fingerprint density at radius 1 is 1.09 bits per heavy atom. The van der Waals surface area contributed by atoms with Gasteiger partial charge in [-0.3, -0.25) is 4.79 Å². The van der Waals surface area contributed by atoms with Crippen molar-refractivity contribution in [2.24, 2.45) is 5.92 Å². The minimum Gasteiger partial charge on any atom is -0.504 e. The van der Waals surface area contributed by atoms with Gasteiger partial charge in [0.25, 0.3) is 5.91 Å². The molecule has 0 saturated carbocycles. The molecule has 2 fully saturated rings. The summed E-state index contributed by atoms with van der Waals surface area (Å²) in [6, 6.07) is 11.4. The van der Waals surface area contributed by atoms with Crippen LogP contribution in [0.15, 0.2) is 42.5 Å². The van der Waals surface area contributed by atoms with Crippen molar-refractivity contribution in [3.05, 3.63) is 59.2 Å². The number of piperidine rings is 1. The van der Waals surface area contributed by atoms with Gasteiger partial charge >= 0.3 is 5.97 Å². The molecule has 0 aliphatic carbocycles. The van der Waals surface area contributed by atoms with Crippen molar-refractivity contribution in [3.63, 3.8) is 0 Å². The van der Waals surface area contributed by atoms with Crippen molar-refractivity contribution < 1.29 is 29.3 Å². The van der Waals surface area contributed by atoms with Gasteiger partial charge in [0, 0.05) is 23.6 Å². The Labute approximate surface area is 186 Å². The van der Waals surface area contributed by atoms with E-state index in [2.05, 4.69) is 0 Å². The number of aromatic hydroxyl groups is 1. The van der Waals surface area contributed by atoms with E-state index >= 15 is 0 Å². The number of phenols is 1. The first kappa shape index (κ1) is 20.8. The Hall–Kier alpha value is -3.06. The van der Waals surface area contributed by atoms with Crippen LogP contribution >= 0.6 is 0 Å². The second-order valence-electron chi connectivity index (χ2n) is 9.43. The number of amides is 1. The molecule has 5 rings (SSSR count). The maximum atomic E-state index is 13.4. The van der Waals surface area contributed by atoms with Crippen LogP contribution in [0.25, 0.3) is 0 Å². The second kappa shape index (κ2) is 7.52. The molecule has 0 radical (unpaired) electrons. The van der Waals surface area contributed by atoms with Crippen molar-refractivity contribution in [3.8, 4) is 11.5 Å². The molecule has 7 heteroatoms. The fourth-order valence-electron chi connectivity index (χ4n) is 5.45. The number of fused-ring (bicyclic) bond motifs is 4. The summed E-state index contributed by atoms with van der Waals surface area (Å²) in [5, 5.41) is 19.5. The molecule has 3 aliphatic rings. The molecule has 7 nitrogen and oxygen atoms in total. The van der Waals surface area contributed by atoms with E-state index in [4.69, 9.17) is 14.6 Å². The number of carboxylic acids is 1. The van der Waals surface area contributed by atoms with Gasteiger partial charge in [-0.15, -0.1) is 0 Å². The quantitative estimate of drug-likeness (QED) is 0.737. The molecule has 32 heavy (non-hydrogen) atoms. The Morgan fingerprint density at radius 3 is 2.53 bits per heavy atom. The van der Waals surface area contributed by atoms with Crippen molar-refractivity contribution in [1.82, 2.24) is 4.90 Å². The molecule has 0 aromatic heterocycles. The van der Waals surface area contributed by atoms with E-state index in [0.29, 0.717) is 17.9 Å². The molecular weight excluding hydrogens is 410 g/mol. The van der Waals surface area contributed by atoms with Gasteiger partial charge in [0.15, 0.2) is 11.5 Å². The van der Waals surface area contributed by atoms with Crippen molar-refractivity contribution in [2.45, 2.75) is 57.0 Å². The van der Waals surface area contributed by atoms with Crippen LogP contribution in [0, 0.1) is 5.92 Å². The van der Waals surface area contributed by atoms with Gasteiger partial charge in [0.2, 0.25) is 0 Å². The number of carbonyl (C=O) groups excluding carboxylic acids is 1. The van der Waals surface area contributed by atoms with Gasteiger partial charge in [-0.1, -0.05) is 12.1 Å². The number of carboxylic acid groups (broad SMARTS) is 1. The van der Waals surface area contributed by atoms with Crippen LogP contribution in [-0.4, -0.2) is 51.3 Å². The number of ether oxygens (including phenoxy) is 2. The monoisotopic (exact) mass is 437 g/mol. The molecule has 168 valence electrons. The number of nitrogens with zero attached hydrogens (tertiary/aromatic N) is 1. The van der Waals surface area contributed by atoms with Gasteiger partial charge in [-0.2, -0.15) is 0 Å². The highest BCUT2D eigenvalue weighted by atomic mass is 16.5. The van der Waals surface area contributed by atoms with Crippen LogP contribution in [0.4, 0.5) is 0 Å². The molecule has 4 atom stereocenters. The lowest BCUT2D eigenvalue weighted by Gasteiger charge is -2.54. The topological polar surface area (TPSA) is 96.3 Å². The van der Waals surface area contributed by atoms with E-state index in [9.17, 15) is 14.7 Å². The van der Waals surface area contributed by atoms with Crippen LogP contribution in [0.1, 0.15) is 65.5 Å². The zero-order chi connectivity index (χ0) is 22.6. The molecule has 3 heterocycles. The zero-order valence-corrected chi connectivity index (χ0v) is 18.2. The van der Waals surface area contributed by atoms with E-state index < -0.39 is 11.6 Å². The molecule has 2 aromatic carbocycles. The van der Waals surface area contributed by atoms with Crippen LogP contribution in [0.2, 0.25) is 0 Å². The van der Waals surface area contributed by atoms with Crippen molar-refractivity contribution in [1.29, 1.82) is 0 Å². The second-order valence-corrected chi connectivity index (χ2v) is 9.43. The third-order valence-electron chi connectivity index (χ3n) is 7.13. The predicted octanol–water partition coefficient (Wildman–Crippen LogP) is 4.01.